The summed E-state index contributed by atoms with van der Waals surface area (Å²) < 4.78 is 5.48. The molecule has 0 radical (unpaired) electrons. The molecular formula is C15H22ClN3O4. The van der Waals surface area contributed by atoms with Gasteiger partial charge in [-0.25, -0.2) is 0 Å². The summed E-state index contributed by atoms with van der Waals surface area (Å²) in [6.45, 7) is 3.26. The Labute approximate surface area is 141 Å². The van der Waals surface area contributed by atoms with Crippen LogP contribution in [0.5, 0.6) is 0 Å². The van der Waals surface area contributed by atoms with E-state index in [1.165, 1.54) is 12.1 Å². The molecule has 1 fully saturated rings. The summed E-state index contributed by atoms with van der Waals surface area (Å²) in [6, 6.07) is 5.97. The van der Waals surface area contributed by atoms with Gasteiger partial charge in [0.1, 0.15) is 5.60 Å². The van der Waals surface area contributed by atoms with Crippen LogP contribution in [0.3, 0.4) is 0 Å². The van der Waals surface area contributed by atoms with Crippen molar-refractivity contribution in [3.05, 3.63) is 39.9 Å². The molecule has 0 aliphatic carbocycles. The molecule has 0 spiro atoms. The second-order valence-electron chi connectivity index (χ2n) is 5.50. The average Bonchev–Trinajstić information content (AvgIpc) is 2.55. The summed E-state index contributed by atoms with van der Waals surface area (Å²) in [5.41, 5.74) is -0.107. The molecule has 1 aliphatic rings. The molecule has 0 saturated carbocycles. The number of piperidine rings is 1. The lowest BCUT2D eigenvalue weighted by atomic mass is 9.90. The molecule has 1 aromatic carbocycles. The Morgan fingerprint density at radius 2 is 2.09 bits per heavy atom. The monoisotopic (exact) mass is 343 g/mol. The van der Waals surface area contributed by atoms with Gasteiger partial charge in [0.25, 0.3) is 11.6 Å². The molecular weight excluding hydrogens is 322 g/mol. The van der Waals surface area contributed by atoms with Crippen LogP contribution in [0.4, 0.5) is 5.69 Å². The minimum atomic E-state index is -0.819. The molecule has 1 aliphatic heterocycles. The van der Waals surface area contributed by atoms with E-state index in [1.54, 1.807) is 26.2 Å². The maximum atomic E-state index is 12.6. The highest BCUT2D eigenvalue weighted by Crippen LogP contribution is 2.25. The van der Waals surface area contributed by atoms with Crippen molar-refractivity contribution in [2.24, 2.45) is 0 Å². The molecule has 1 unspecified atom stereocenters. The van der Waals surface area contributed by atoms with Gasteiger partial charge in [0.05, 0.1) is 11.0 Å². The Morgan fingerprint density at radius 1 is 1.43 bits per heavy atom. The van der Waals surface area contributed by atoms with Gasteiger partial charge in [-0.2, -0.15) is 0 Å². The van der Waals surface area contributed by atoms with Crippen LogP contribution in [0.1, 0.15) is 31.4 Å². The number of hydrogen-bond donors (Lipinski definition) is 2. The number of amides is 1. The number of halogens is 1. The summed E-state index contributed by atoms with van der Waals surface area (Å²) in [4.78, 5) is 22.9. The molecule has 2 rings (SSSR count). The van der Waals surface area contributed by atoms with Crippen LogP contribution in [0.15, 0.2) is 24.3 Å². The van der Waals surface area contributed by atoms with Gasteiger partial charge in [-0.15, -0.1) is 12.4 Å². The standard InChI is InChI=1S/C15H21N3O4.ClH/c1-11(12-4-3-5-13(10-12)18(20)21)17-14(19)15(22-2)6-8-16-9-7-15;/h3-5,10-11,16H,6-9H2,1-2H3,(H,17,19);1H. The molecule has 8 heteroatoms. The van der Waals surface area contributed by atoms with E-state index in [9.17, 15) is 14.9 Å². The zero-order chi connectivity index (χ0) is 16.2. The Hall–Kier alpha value is -1.70. The number of nitro benzene ring substituents is 1. The lowest BCUT2D eigenvalue weighted by molar-refractivity contribution is -0.384. The van der Waals surface area contributed by atoms with E-state index in [0.29, 0.717) is 18.4 Å². The summed E-state index contributed by atoms with van der Waals surface area (Å²) >= 11 is 0. The fourth-order valence-electron chi connectivity index (χ4n) is 2.67. The van der Waals surface area contributed by atoms with Crippen molar-refractivity contribution in [1.82, 2.24) is 10.6 Å². The fourth-order valence-corrected chi connectivity index (χ4v) is 2.67. The third-order valence-electron chi connectivity index (χ3n) is 4.14. The number of nitrogens with zero attached hydrogens (tertiary/aromatic N) is 1. The van der Waals surface area contributed by atoms with E-state index in [0.717, 1.165) is 13.1 Å². The fraction of sp³-hybridized carbons (Fsp3) is 0.533. The molecule has 1 atom stereocenters. The van der Waals surface area contributed by atoms with Gasteiger partial charge in [0.2, 0.25) is 0 Å². The predicted octanol–water partition coefficient (Wildman–Crippen LogP) is 1.96. The van der Waals surface area contributed by atoms with Crippen molar-refractivity contribution in [1.29, 1.82) is 0 Å². The second-order valence-corrected chi connectivity index (χ2v) is 5.50. The van der Waals surface area contributed by atoms with Crippen molar-refractivity contribution >= 4 is 24.0 Å². The number of methoxy groups -OCH3 is 1. The van der Waals surface area contributed by atoms with Gasteiger partial charge in [-0.05, 0) is 38.4 Å². The van der Waals surface area contributed by atoms with Crippen LogP contribution < -0.4 is 10.6 Å². The molecule has 2 N–H and O–H groups in total. The summed E-state index contributed by atoms with van der Waals surface area (Å²) in [6.07, 6.45) is 1.22. The lowest BCUT2D eigenvalue weighted by Gasteiger charge is -2.35. The molecule has 1 amide bonds. The maximum Gasteiger partial charge on any atom is 0.269 e. The first kappa shape index (κ1) is 19.3. The average molecular weight is 344 g/mol. The maximum absolute atomic E-state index is 12.6. The van der Waals surface area contributed by atoms with Gasteiger partial charge in [0, 0.05) is 19.2 Å². The highest BCUT2D eigenvalue weighted by Gasteiger charge is 2.40. The molecule has 1 heterocycles. The zero-order valence-electron chi connectivity index (χ0n) is 13.2. The highest BCUT2D eigenvalue weighted by atomic mass is 35.5. The van der Waals surface area contributed by atoms with E-state index in [-0.39, 0.29) is 30.0 Å². The third-order valence-corrected chi connectivity index (χ3v) is 4.14. The molecule has 128 valence electrons. The quantitative estimate of drug-likeness (QED) is 0.629. The molecule has 7 nitrogen and oxygen atoms in total. The molecule has 0 aromatic heterocycles. The van der Waals surface area contributed by atoms with E-state index in [1.807, 2.05) is 0 Å². The SMILES string of the molecule is COC1(C(=O)NC(C)c2cccc([N+](=O)[O-])c2)CCNCC1.Cl. The van der Waals surface area contributed by atoms with Crippen molar-refractivity contribution < 1.29 is 14.5 Å². The van der Waals surface area contributed by atoms with E-state index in [4.69, 9.17) is 4.74 Å². The number of rotatable bonds is 5. The molecule has 1 aromatic rings. The van der Waals surface area contributed by atoms with Gasteiger partial charge >= 0.3 is 0 Å². The van der Waals surface area contributed by atoms with Gasteiger partial charge in [-0.1, -0.05) is 12.1 Å². The number of non-ortho nitro benzene ring substituents is 1. The number of carbonyl (C=O) groups excluding carboxylic acids is 1. The van der Waals surface area contributed by atoms with E-state index in [2.05, 4.69) is 10.6 Å². The number of carbonyl (C=O) groups is 1. The first-order chi connectivity index (χ1) is 10.5. The van der Waals surface area contributed by atoms with Crippen LogP contribution in [0, 0.1) is 10.1 Å². The largest absolute Gasteiger partial charge is 0.368 e. The number of benzene rings is 1. The normalized spacial score (nSPS) is 17.7. The van der Waals surface area contributed by atoms with Crippen LogP contribution in [0.2, 0.25) is 0 Å². The number of ether oxygens (including phenoxy) is 1. The summed E-state index contributed by atoms with van der Waals surface area (Å²) in [5.74, 6) is -0.171. The second kappa shape index (κ2) is 8.24. The molecule has 23 heavy (non-hydrogen) atoms. The minimum absolute atomic E-state index is 0. The smallest absolute Gasteiger partial charge is 0.269 e. The van der Waals surface area contributed by atoms with Gasteiger partial charge in [0.15, 0.2) is 0 Å². The minimum Gasteiger partial charge on any atom is -0.368 e. The number of nitro groups is 1. The van der Waals surface area contributed by atoms with Crippen molar-refractivity contribution in [3.8, 4) is 0 Å². The first-order valence-electron chi connectivity index (χ1n) is 7.30. The van der Waals surface area contributed by atoms with E-state index < -0.39 is 10.5 Å². The Balaban J connectivity index is 0.00000264. The summed E-state index contributed by atoms with van der Waals surface area (Å²) in [7, 11) is 1.54. The topological polar surface area (TPSA) is 93.5 Å². The van der Waals surface area contributed by atoms with Gasteiger partial charge < -0.3 is 15.4 Å². The Morgan fingerprint density at radius 3 is 2.65 bits per heavy atom. The van der Waals surface area contributed by atoms with E-state index >= 15 is 0 Å². The molecule has 1 saturated heterocycles. The Kier molecular flexibility index (Phi) is 6.93. The van der Waals surface area contributed by atoms with Crippen molar-refractivity contribution in [2.75, 3.05) is 20.2 Å². The van der Waals surface area contributed by atoms with Crippen LogP contribution in [-0.2, 0) is 9.53 Å². The predicted molar refractivity (Wildman–Crippen MR) is 88.7 cm³/mol. The van der Waals surface area contributed by atoms with Crippen LogP contribution >= 0.6 is 12.4 Å². The highest BCUT2D eigenvalue weighted by molar-refractivity contribution is 5.86. The Bertz CT molecular complexity index is 561. The first-order valence-corrected chi connectivity index (χ1v) is 7.30. The lowest BCUT2D eigenvalue weighted by Crippen LogP contribution is -2.54. The number of hydrogen-bond acceptors (Lipinski definition) is 5. The third kappa shape index (κ3) is 4.40. The number of nitrogens with one attached hydrogen (secondary N) is 2. The van der Waals surface area contributed by atoms with Crippen molar-refractivity contribution in [3.63, 3.8) is 0 Å². The van der Waals surface area contributed by atoms with Crippen LogP contribution in [-0.4, -0.2) is 36.6 Å². The zero-order valence-corrected chi connectivity index (χ0v) is 14.0. The van der Waals surface area contributed by atoms with Crippen LogP contribution in [0.25, 0.3) is 0 Å². The van der Waals surface area contributed by atoms with Crippen molar-refractivity contribution in [2.45, 2.75) is 31.4 Å². The molecule has 0 bridgehead atoms. The van der Waals surface area contributed by atoms with Gasteiger partial charge in [-0.3, -0.25) is 14.9 Å². The summed E-state index contributed by atoms with van der Waals surface area (Å²) in [5, 5.41) is 16.9.